The highest BCUT2D eigenvalue weighted by Crippen LogP contribution is 2.41. The third-order valence-corrected chi connectivity index (χ3v) is 6.65. The molecule has 0 amide bonds. The molecule has 0 spiro atoms. The van der Waals surface area contributed by atoms with Crippen LogP contribution in [0.5, 0.6) is 0 Å². The molecule has 120 valence electrons. The van der Waals surface area contributed by atoms with Crippen LogP contribution in [-0.2, 0) is 4.57 Å². The quantitative estimate of drug-likeness (QED) is 0.534. The molecule has 1 N–H and O–H groups in total. The van der Waals surface area contributed by atoms with Gasteiger partial charge in [0.1, 0.15) is 0 Å². The summed E-state index contributed by atoms with van der Waals surface area (Å²) < 4.78 is 14.0. The summed E-state index contributed by atoms with van der Waals surface area (Å²) in [5.41, 5.74) is 1.04. The number of nitrogens with one attached hydrogen (secondary N) is 1. The first kappa shape index (κ1) is 16.4. The first-order valence-electron chi connectivity index (χ1n) is 7.90. The molecule has 0 saturated carbocycles. The van der Waals surface area contributed by atoms with E-state index in [4.69, 9.17) is 0 Å². The molecule has 0 bridgehead atoms. The van der Waals surface area contributed by atoms with E-state index in [-0.39, 0.29) is 6.04 Å². The van der Waals surface area contributed by atoms with E-state index in [0.29, 0.717) is 0 Å². The summed E-state index contributed by atoms with van der Waals surface area (Å²) in [5, 5.41) is 4.95. The molecule has 3 heteroatoms. The minimum Gasteiger partial charge on any atom is -0.296 e. The van der Waals surface area contributed by atoms with Gasteiger partial charge in [0.25, 0.3) is 0 Å². The Morgan fingerprint density at radius 2 is 1.17 bits per heavy atom. The molecule has 3 aromatic carbocycles. The molecule has 3 rings (SSSR count). The largest absolute Gasteiger partial charge is 0.296 e. The fourth-order valence-corrected chi connectivity index (χ4v) is 5.12. The van der Waals surface area contributed by atoms with E-state index >= 15 is 0 Å². The van der Waals surface area contributed by atoms with Gasteiger partial charge in [0.15, 0.2) is 0 Å². The minimum absolute atomic E-state index is 0.197. The Kier molecular flexibility index (Phi) is 5.10. The van der Waals surface area contributed by atoms with Gasteiger partial charge in [0.2, 0.25) is 7.29 Å². The molecular formula is C21H20NOP. The van der Waals surface area contributed by atoms with E-state index in [9.17, 15) is 4.57 Å². The lowest BCUT2D eigenvalue weighted by molar-refractivity contribution is 0.573. The van der Waals surface area contributed by atoms with Crippen molar-refractivity contribution >= 4 is 17.9 Å². The van der Waals surface area contributed by atoms with Crippen molar-refractivity contribution in [3.05, 3.63) is 109 Å². The van der Waals surface area contributed by atoms with Crippen molar-refractivity contribution in [2.24, 2.45) is 0 Å². The van der Waals surface area contributed by atoms with Crippen LogP contribution in [-0.4, -0.2) is 0 Å². The normalized spacial score (nSPS) is 12.5. The Balaban J connectivity index is 2.06. The van der Waals surface area contributed by atoms with Crippen LogP contribution in [0.3, 0.4) is 0 Å². The van der Waals surface area contributed by atoms with E-state index in [1.165, 1.54) is 0 Å². The van der Waals surface area contributed by atoms with Gasteiger partial charge in [0.05, 0.1) is 6.04 Å². The van der Waals surface area contributed by atoms with Gasteiger partial charge in [-0.3, -0.25) is 4.57 Å². The number of hydrogen-bond acceptors (Lipinski definition) is 1. The third kappa shape index (κ3) is 3.41. The lowest BCUT2D eigenvalue weighted by Crippen LogP contribution is -2.29. The summed E-state index contributed by atoms with van der Waals surface area (Å²) >= 11 is 0. The second kappa shape index (κ2) is 7.44. The number of benzene rings is 3. The molecule has 0 fully saturated rings. The molecule has 0 aromatic heterocycles. The Morgan fingerprint density at radius 1 is 0.750 bits per heavy atom. The van der Waals surface area contributed by atoms with Crippen LogP contribution < -0.4 is 15.7 Å². The molecule has 0 aliphatic rings. The van der Waals surface area contributed by atoms with Crippen LogP contribution >= 0.6 is 7.29 Å². The van der Waals surface area contributed by atoms with Crippen molar-refractivity contribution in [2.75, 3.05) is 0 Å². The average Bonchev–Trinajstić information content (AvgIpc) is 2.68. The topological polar surface area (TPSA) is 29.1 Å². The zero-order valence-corrected chi connectivity index (χ0v) is 14.3. The molecule has 2 nitrogen and oxygen atoms in total. The lowest BCUT2D eigenvalue weighted by atomic mass is 10.1. The van der Waals surface area contributed by atoms with E-state index in [1.807, 2.05) is 91.0 Å². The Hall–Kier alpha value is -2.41. The second-order valence-corrected chi connectivity index (χ2v) is 8.04. The summed E-state index contributed by atoms with van der Waals surface area (Å²) in [6.45, 7) is 3.93. The molecule has 1 atom stereocenters. The highest BCUT2D eigenvalue weighted by Gasteiger charge is 2.29. The van der Waals surface area contributed by atoms with Gasteiger partial charge in [-0.2, -0.15) is 0 Å². The average molecular weight is 333 g/mol. The highest BCUT2D eigenvalue weighted by atomic mass is 31.2. The summed E-state index contributed by atoms with van der Waals surface area (Å²) in [6.07, 6.45) is 1.80. The van der Waals surface area contributed by atoms with Crippen molar-refractivity contribution in [2.45, 2.75) is 6.04 Å². The van der Waals surface area contributed by atoms with Gasteiger partial charge in [-0.1, -0.05) is 72.8 Å². The fraction of sp³-hybridized carbons (Fsp3) is 0.0476. The first-order chi connectivity index (χ1) is 11.7. The molecule has 0 saturated heterocycles. The van der Waals surface area contributed by atoms with Crippen LogP contribution in [0, 0.1) is 0 Å². The van der Waals surface area contributed by atoms with Crippen molar-refractivity contribution in [1.29, 1.82) is 0 Å². The summed E-state index contributed by atoms with van der Waals surface area (Å²) in [4.78, 5) is 0. The molecule has 0 unspecified atom stereocenters. The SMILES string of the molecule is C=C[C@@H](NP(=O)(c1ccccc1)c1ccccc1)c1ccccc1. The molecule has 24 heavy (non-hydrogen) atoms. The maximum Gasteiger partial charge on any atom is 0.205 e. The van der Waals surface area contributed by atoms with Crippen LogP contribution in [0.1, 0.15) is 11.6 Å². The Morgan fingerprint density at radius 3 is 1.58 bits per heavy atom. The maximum atomic E-state index is 14.0. The fourth-order valence-electron chi connectivity index (χ4n) is 2.69. The summed E-state index contributed by atoms with van der Waals surface area (Å²) in [5.74, 6) is 0. The number of hydrogen-bond donors (Lipinski definition) is 1. The van der Waals surface area contributed by atoms with E-state index < -0.39 is 7.29 Å². The van der Waals surface area contributed by atoms with Gasteiger partial charge in [-0.15, -0.1) is 6.58 Å². The molecule has 3 aromatic rings. The molecular weight excluding hydrogens is 313 g/mol. The van der Waals surface area contributed by atoms with Crippen LogP contribution in [0.2, 0.25) is 0 Å². The number of rotatable bonds is 6. The molecule has 0 aliphatic carbocycles. The predicted molar refractivity (Wildman–Crippen MR) is 102 cm³/mol. The summed E-state index contributed by atoms with van der Waals surface area (Å²) in [7, 11) is -2.98. The zero-order chi connectivity index (χ0) is 16.8. The van der Waals surface area contributed by atoms with Gasteiger partial charge < -0.3 is 0 Å². The molecule has 0 aliphatic heterocycles. The Bertz CT molecular complexity index is 788. The highest BCUT2D eigenvalue weighted by molar-refractivity contribution is 7.76. The lowest BCUT2D eigenvalue weighted by Gasteiger charge is -2.25. The maximum absolute atomic E-state index is 14.0. The third-order valence-electron chi connectivity index (χ3n) is 3.95. The van der Waals surface area contributed by atoms with Crippen LogP contribution in [0.25, 0.3) is 0 Å². The minimum atomic E-state index is -2.98. The smallest absolute Gasteiger partial charge is 0.205 e. The van der Waals surface area contributed by atoms with Gasteiger partial charge in [-0.05, 0) is 29.8 Å². The van der Waals surface area contributed by atoms with E-state index in [2.05, 4.69) is 11.7 Å². The van der Waals surface area contributed by atoms with Crippen LogP contribution in [0.4, 0.5) is 0 Å². The van der Waals surface area contributed by atoms with Crippen LogP contribution in [0.15, 0.2) is 104 Å². The monoisotopic (exact) mass is 333 g/mol. The second-order valence-electron chi connectivity index (χ2n) is 5.53. The van der Waals surface area contributed by atoms with Crippen molar-refractivity contribution < 1.29 is 4.57 Å². The van der Waals surface area contributed by atoms with E-state index in [0.717, 1.165) is 16.2 Å². The van der Waals surface area contributed by atoms with Crippen molar-refractivity contribution in [1.82, 2.24) is 5.09 Å². The van der Waals surface area contributed by atoms with Gasteiger partial charge in [-0.25, -0.2) is 5.09 Å². The van der Waals surface area contributed by atoms with Crippen molar-refractivity contribution in [3.8, 4) is 0 Å². The summed E-state index contributed by atoms with van der Waals surface area (Å²) in [6, 6.07) is 28.9. The Labute approximate surface area is 143 Å². The van der Waals surface area contributed by atoms with E-state index in [1.54, 1.807) is 6.08 Å². The predicted octanol–water partition coefficient (Wildman–Crippen LogP) is 4.43. The molecule has 0 heterocycles. The zero-order valence-electron chi connectivity index (χ0n) is 13.4. The standard InChI is InChI=1S/C21H20NOP/c1-2-21(18-12-6-3-7-13-18)22-24(23,19-14-8-4-9-15-19)20-16-10-5-11-17-20/h2-17,21H,1H2,(H,22,23)/t21-/m1/s1. The first-order valence-corrected chi connectivity index (χ1v) is 9.61. The van der Waals surface area contributed by atoms with Gasteiger partial charge >= 0.3 is 0 Å². The molecule has 0 radical (unpaired) electrons. The van der Waals surface area contributed by atoms with Crippen molar-refractivity contribution in [3.63, 3.8) is 0 Å². The van der Waals surface area contributed by atoms with Gasteiger partial charge in [0, 0.05) is 10.6 Å².